The summed E-state index contributed by atoms with van der Waals surface area (Å²) in [5.74, 6) is 0.0396. The molecule has 2 aromatic rings. The highest BCUT2D eigenvalue weighted by Crippen LogP contribution is 2.31. The summed E-state index contributed by atoms with van der Waals surface area (Å²) in [6, 6.07) is 1.82. The van der Waals surface area contributed by atoms with E-state index in [-0.39, 0.29) is 23.0 Å². The Kier molecular flexibility index (Phi) is 2.64. The number of nitrogens with zero attached hydrogens (tertiary/aromatic N) is 3. The number of hydrogen-bond donors (Lipinski definition) is 2. The topological polar surface area (TPSA) is 82.8 Å². The number of anilines is 2. The van der Waals surface area contributed by atoms with Crippen molar-refractivity contribution >= 4 is 11.5 Å². The van der Waals surface area contributed by atoms with Crippen LogP contribution < -0.4 is 11.5 Å². The third kappa shape index (κ3) is 2.08. The lowest BCUT2D eigenvalue weighted by Gasteiger charge is -2.10. The fourth-order valence-corrected chi connectivity index (χ4v) is 1.48. The smallest absolute Gasteiger partial charge is 0.394 e. The van der Waals surface area contributed by atoms with Crippen LogP contribution in [0.4, 0.5) is 24.7 Å². The second kappa shape index (κ2) is 3.90. The fraction of sp³-hybridized carbons (Fsp3) is 0.200. The van der Waals surface area contributed by atoms with Gasteiger partial charge >= 0.3 is 6.18 Å². The molecule has 0 saturated carbocycles. The molecule has 2 aromatic heterocycles. The van der Waals surface area contributed by atoms with E-state index in [4.69, 9.17) is 11.5 Å². The molecular formula is C10H10F3N5. The number of nitrogens with two attached hydrogens (primary N) is 2. The Morgan fingerprint density at radius 1 is 1.22 bits per heavy atom. The molecule has 4 N–H and O–H groups in total. The van der Waals surface area contributed by atoms with Crippen molar-refractivity contribution in [3.05, 3.63) is 29.6 Å². The monoisotopic (exact) mass is 257 g/mol. The van der Waals surface area contributed by atoms with Gasteiger partial charge in [0.25, 0.3) is 0 Å². The van der Waals surface area contributed by atoms with Gasteiger partial charge in [0.15, 0.2) is 11.6 Å². The van der Waals surface area contributed by atoms with Gasteiger partial charge in [-0.25, -0.2) is 4.98 Å². The van der Waals surface area contributed by atoms with Crippen molar-refractivity contribution in [2.24, 2.45) is 0 Å². The van der Waals surface area contributed by atoms with E-state index >= 15 is 0 Å². The molecule has 96 valence electrons. The van der Waals surface area contributed by atoms with Crippen molar-refractivity contribution in [2.45, 2.75) is 13.1 Å². The Labute approximate surface area is 100 Å². The summed E-state index contributed by atoms with van der Waals surface area (Å²) in [7, 11) is 0. The largest absolute Gasteiger partial charge is 0.416 e. The molecule has 18 heavy (non-hydrogen) atoms. The lowest BCUT2D eigenvalue weighted by atomic mass is 10.2. The molecule has 0 aliphatic rings. The van der Waals surface area contributed by atoms with Crippen LogP contribution in [0.1, 0.15) is 11.3 Å². The average molecular weight is 257 g/mol. The molecule has 0 saturated heterocycles. The number of pyridine rings is 1. The SMILES string of the molecule is Cc1cc(C(F)(F)F)cc(-n2ncc(N)c2N)n1. The first-order valence-electron chi connectivity index (χ1n) is 4.94. The molecule has 0 aliphatic carbocycles. The minimum absolute atomic E-state index is 0.0171. The van der Waals surface area contributed by atoms with E-state index in [0.717, 1.165) is 16.8 Å². The molecule has 0 radical (unpaired) electrons. The predicted octanol–water partition coefficient (Wildman–Crippen LogP) is 1.76. The molecule has 0 aliphatic heterocycles. The quantitative estimate of drug-likeness (QED) is 0.815. The maximum atomic E-state index is 12.7. The number of hydrogen-bond acceptors (Lipinski definition) is 4. The lowest BCUT2D eigenvalue weighted by Crippen LogP contribution is -2.11. The van der Waals surface area contributed by atoms with Crippen LogP contribution in [0.3, 0.4) is 0 Å². The zero-order valence-electron chi connectivity index (χ0n) is 9.36. The Morgan fingerprint density at radius 3 is 2.39 bits per heavy atom. The highest BCUT2D eigenvalue weighted by molar-refractivity contribution is 5.60. The normalized spacial score (nSPS) is 11.8. The summed E-state index contributed by atoms with van der Waals surface area (Å²) in [6.45, 7) is 1.46. The third-order valence-corrected chi connectivity index (χ3v) is 2.32. The van der Waals surface area contributed by atoms with Crippen LogP contribution in [0.25, 0.3) is 5.82 Å². The van der Waals surface area contributed by atoms with Crippen LogP contribution in [0.2, 0.25) is 0 Å². The highest BCUT2D eigenvalue weighted by Gasteiger charge is 2.31. The van der Waals surface area contributed by atoms with E-state index in [1.807, 2.05) is 0 Å². The molecule has 0 amide bonds. The van der Waals surface area contributed by atoms with Gasteiger partial charge in [0.2, 0.25) is 0 Å². The van der Waals surface area contributed by atoms with E-state index in [2.05, 4.69) is 10.1 Å². The van der Waals surface area contributed by atoms with Gasteiger partial charge in [-0.3, -0.25) is 0 Å². The van der Waals surface area contributed by atoms with Crippen LogP contribution in [0.15, 0.2) is 18.3 Å². The van der Waals surface area contributed by atoms with Crippen LogP contribution >= 0.6 is 0 Å². The molecule has 0 fully saturated rings. The van der Waals surface area contributed by atoms with Gasteiger partial charge in [-0.1, -0.05) is 0 Å². The van der Waals surface area contributed by atoms with Crippen molar-refractivity contribution < 1.29 is 13.2 Å². The van der Waals surface area contributed by atoms with Gasteiger partial charge in [0.1, 0.15) is 0 Å². The van der Waals surface area contributed by atoms with E-state index in [9.17, 15) is 13.2 Å². The van der Waals surface area contributed by atoms with E-state index in [1.54, 1.807) is 0 Å². The van der Waals surface area contributed by atoms with Crippen LogP contribution in [-0.2, 0) is 6.18 Å². The number of halogens is 3. The Bertz CT molecular complexity index is 588. The summed E-state index contributed by atoms with van der Waals surface area (Å²) >= 11 is 0. The molecule has 0 aromatic carbocycles. The zero-order valence-corrected chi connectivity index (χ0v) is 9.36. The molecule has 0 unspecified atom stereocenters. The van der Waals surface area contributed by atoms with Gasteiger partial charge in [-0.2, -0.15) is 23.0 Å². The van der Waals surface area contributed by atoms with E-state index in [1.165, 1.54) is 13.1 Å². The maximum absolute atomic E-state index is 12.7. The van der Waals surface area contributed by atoms with Crippen molar-refractivity contribution in [3.63, 3.8) is 0 Å². The summed E-state index contributed by atoms with van der Waals surface area (Å²) in [5.41, 5.74) is 10.7. The first-order valence-corrected chi connectivity index (χ1v) is 4.94. The Morgan fingerprint density at radius 2 is 1.89 bits per heavy atom. The summed E-state index contributed by atoms with van der Waals surface area (Å²) in [6.07, 6.45) is -3.19. The number of aryl methyl sites for hydroxylation is 1. The van der Waals surface area contributed by atoms with Gasteiger partial charge in [-0.05, 0) is 19.1 Å². The summed E-state index contributed by atoms with van der Waals surface area (Å²) < 4.78 is 39.0. The lowest BCUT2D eigenvalue weighted by molar-refractivity contribution is -0.137. The molecule has 0 bridgehead atoms. The molecule has 2 rings (SSSR count). The minimum Gasteiger partial charge on any atom is -0.394 e. The van der Waals surface area contributed by atoms with Crippen LogP contribution in [0, 0.1) is 6.92 Å². The Balaban J connectivity index is 2.59. The van der Waals surface area contributed by atoms with Crippen molar-refractivity contribution in [1.82, 2.24) is 14.8 Å². The van der Waals surface area contributed by atoms with E-state index in [0.29, 0.717) is 0 Å². The van der Waals surface area contributed by atoms with Crippen LogP contribution in [0.5, 0.6) is 0 Å². The third-order valence-electron chi connectivity index (χ3n) is 2.32. The summed E-state index contributed by atoms with van der Waals surface area (Å²) in [4.78, 5) is 3.96. The van der Waals surface area contributed by atoms with Gasteiger partial charge in [0.05, 0.1) is 17.4 Å². The van der Waals surface area contributed by atoms with Gasteiger partial charge in [-0.15, -0.1) is 0 Å². The van der Waals surface area contributed by atoms with Gasteiger partial charge in [0, 0.05) is 5.69 Å². The van der Waals surface area contributed by atoms with Crippen molar-refractivity contribution in [2.75, 3.05) is 11.5 Å². The molecule has 2 heterocycles. The molecule has 5 nitrogen and oxygen atoms in total. The number of nitrogen functional groups attached to an aromatic ring is 2. The van der Waals surface area contributed by atoms with E-state index < -0.39 is 11.7 Å². The highest BCUT2D eigenvalue weighted by atomic mass is 19.4. The second-order valence-electron chi connectivity index (χ2n) is 3.75. The Hall–Kier alpha value is -2.25. The maximum Gasteiger partial charge on any atom is 0.416 e. The molecule has 0 atom stereocenters. The standard InChI is InChI=1S/C10H10F3N5/c1-5-2-6(10(11,12)13)3-8(17-5)18-9(15)7(14)4-16-18/h2-4H,14-15H2,1H3. The fourth-order valence-electron chi connectivity index (χ4n) is 1.48. The zero-order chi connectivity index (χ0) is 13.5. The number of rotatable bonds is 1. The predicted molar refractivity (Wildman–Crippen MR) is 59.9 cm³/mol. The molecular weight excluding hydrogens is 247 g/mol. The first-order chi connectivity index (χ1) is 8.29. The van der Waals surface area contributed by atoms with Crippen LogP contribution in [-0.4, -0.2) is 14.8 Å². The number of aromatic nitrogens is 3. The summed E-state index contributed by atoms with van der Waals surface area (Å²) in [5, 5.41) is 3.79. The average Bonchev–Trinajstić information content (AvgIpc) is 2.58. The number of alkyl halides is 3. The van der Waals surface area contributed by atoms with Gasteiger partial charge < -0.3 is 11.5 Å². The second-order valence-corrected chi connectivity index (χ2v) is 3.75. The molecule has 0 spiro atoms. The first kappa shape index (κ1) is 12.2. The van der Waals surface area contributed by atoms with Crippen molar-refractivity contribution in [3.8, 4) is 5.82 Å². The van der Waals surface area contributed by atoms with Crippen molar-refractivity contribution in [1.29, 1.82) is 0 Å². The molecule has 8 heteroatoms. The minimum atomic E-state index is -4.45.